The highest BCUT2D eigenvalue weighted by Gasteiger charge is 2.15. The number of ether oxygens (including phenoxy) is 1. The molecule has 0 aliphatic heterocycles. The standard InChI is InChI=1S/C12H16FN3O2/c1-2-18-12(17)8-7-11(15-16-14)9-5-3-4-6-10(9)13/h3-6,11-12,17H,2,7-8H2,1H3. The Morgan fingerprint density at radius 1 is 1.44 bits per heavy atom. The summed E-state index contributed by atoms with van der Waals surface area (Å²) in [6.45, 7) is 2.16. The monoisotopic (exact) mass is 253 g/mol. The summed E-state index contributed by atoms with van der Waals surface area (Å²) in [6.07, 6.45) is -0.309. The molecule has 0 amide bonds. The Morgan fingerprint density at radius 3 is 2.78 bits per heavy atom. The summed E-state index contributed by atoms with van der Waals surface area (Å²) in [5.74, 6) is -0.416. The minimum absolute atomic E-state index is 0.284. The van der Waals surface area contributed by atoms with Crippen molar-refractivity contribution in [3.63, 3.8) is 0 Å². The van der Waals surface area contributed by atoms with Gasteiger partial charge in [0.15, 0.2) is 6.29 Å². The number of hydrogen-bond acceptors (Lipinski definition) is 3. The van der Waals surface area contributed by atoms with Crippen molar-refractivity contribution >= 4 is 0 Å². The van der Waals surface area contributed by atoms with E-state index in [2.05, 4.69) is 10.0 Å². The van der Waals surface area contributed by atoms with Crippen LogP contribution in [0.1, 0.15) is 31.4 Å². The summed E-state index contributed by atoms with van der Waals surface area (Å²) in [5, 5.41) is 13.0. The molecule has 0 aliphatic rings. The molecule has 0 fully saturated rings. The van der Waals surface area contributed by atoms with Crippen LogP contribution in [0.5, 0.6) is 0 Å². The van der Waals surface area contributed by atoms with Crippen molar-refractivity contribution in [2.45, 2.75) is 32.1 Å². The fraction of sp³-hybridized carbons (Fsp3) is 0.500. The van der Waals surface area contributed by atoms with Crippen LogP contribution in [0.25, 0.3) is 10.4 Å². The van der Waals surface area contributed by atoms with E-state index >= 15 is 0 Å². The molecule has 1 rings (SSSR count). The van der Waals surface area contributed by atoms with E-state index < -0.39 is 18.1 Å². The van der Waals surface area contributed by atoms with Crippen LogP contribution < -0.4 is 0 Å². The molecule has 0 saturated heterocycles. The highest BCUT2D eigenvalue weighted by atomic mass is 19.1. The molecule has 2 unspecified atom stereocenters. The van der Waals surface area contributed by atoms with Gasteiger partial charge in [0.1, 0.15) is 5.82 Å². The van der Waals surface area contributed by atoms with Crippen LogP contribution in [0.4, 0.5) is 4.39 Å². The van der Waals surface area contributed by atoms with Gasteiger partial charge in [-0.05, 0) is 36.9 Å². The van der Waals surface area contributed by atoms with Crippen LogP contribution in [-0.2, 0) is 4.74 Å². The lowest BCUT2D eigenvalue weighted by Crippen LogP contribution is -2.13. The highest BCUT2D eigenvalue weighted by molar-refractivity contribution is 5.21. The van der Waals surface area contributed by atoms with Gasteiger partial charge in [0.05, 0.1) is 6.04 Å². The summed E-state index contributed by atoms with van der Waals surface area (Å²) >= 11 is 0. The van der Waals surface area contributed by atoms with E-state index in [-0.39, 0.29) is 6.42 Å². The second-order valence-electron chi connectivity index (χ2n) is 3.73. The molecule has 0 aliphatic carbocycles. The van der Waals surface area contributed by atoms with Gasteiger partial charge in [0.25, 0.3) is 0 Å². The zero-order chi connectivity index (χ0) is 13.4. The van der Waals surface area contributed by atoms with Crippen molar-refractivity contribution < 1.29 is 14.2 Å². The maximum atomic E-state index is 13.6. The van der Waals surface area contributed by atoms with Crippen molar-refractivity contribution in [2.75, 3.05) is 6.61 Å². The number of hydrogen-bond donors (Lipinski definition) is 1. The van der Waals surface area contributed by atoms with Gasteiger partial charge in [-0.1, -0.05) is 23.3 Å². The fourth-order valence-electron chi connectivity index (χ4n) is 1.66. The lowest BCUT2D eigenvalue weighted by molar-refractivity contribution is -0.0999. The van der Waals surface area contributed by atoms with Gasteiger partial charge in [0.2, 0.25) is 0 Å². The van der Waals surface area contributed by atoms with E-state index in [1.807, 2.05) is 0 Å². The van der Waals surface area contributed by atoms with Crippen molar-refractivity contribution in [2.24, 2.45) is 5.11 Å². The van der Waals surface area contributed by atoms with Crippen LogP contribution in [-0.4, -0.2) is 18.0 Å². The van der Waals surface area contributed by atoms with Crippen molar-refractivity contribution in [1.29, 1.82) is 0 Å². The number of benzene rings is 1. The smallest absolute Gasteiger partial charge is 0.154 e. The third kappa shape index (κ3) is 4.33. The Kier molecular flexibility index (Phi) is 6.14. The Bertz CT molecular complexity index is 422. The summed E-state index contributed by atoms with van der Waals surface area (Å²) < 4.78 is 18.5. The maximum Gasteiger partial charge on any atom is 0.154 e. The van der Waals surface area contributed by atoms with Crippen molar-refractivity contribution in [3.05, 3.63) is 46.1 Å². The molecule has 1 N–H and O–H groups in total. The van der Waals surface area contributed by atoms with E-state index in [1.54, 1.807) is 25.1 Å². The van der Waals surface area contributed by atoms with E-state index in [1.165, 1.54) is 6.07 Å². The number of aliphatic hydroxyl groups is 1. The summed E-state index contributed by atoms with van der Waals surface area (Å²) in [5.41, 5.74) is 8.83. The summed E-state index contributed by atoms with van der Waals surface area (Å²) in [6, 6.07) is 5.50. The predicted octanol–water partition coefficient (Wildman–Crippen LogP) is 3.31. The molecule has 1 aromatic rings. The molecule has 2 atom stereocenters. The zero-order valence-electron chi connectivity index (χ0n) is 10.2. The van der Waals surface area contributed by atoms with Gasteiger partial charge in [-0.15, -0.1) is 0 Å². The highest BCUT2D eigenvalue weighted by Crippen LogP contribution is 2.26. The molecule has 1 aromatic carbocycles. The van der Waals surface area contributed by atoms with Crippen LogP contribution in [0.15, 0.2) is 29.4 Å². The topological polar surface area (TPSA) is 78.2 Å². The number of halogens is 1. The molecule has 0 heterocycles. The number of azide groups is 1. The van der Waals surface area contributed by atoms with Crippen LogP contribution in [0.3, 0.4) is 0 Å². The number of rotatable bonds is 7. The Morgan fingerprint density at radius 2 is 2.17 bits per heavy atom. The second kappa shape index (κ2) is 7.66. The first-order chi connectivity index (χ1) is 8.69. The summed E-state index contributed by atoms with van der Waals surface area (Å²) in [4.78, 5) is 2.71. The van der Waals surface area contributed by atoms with E-state index in [0.717, 1.165) is 0 Å². The van der Waals surface area contributed by atoms with Crippen molar-refractivity contribution in [3.8, 4) is 0 Å². The first-order valence-electron chi connectivity index (χ1n) is 5.77. The normalized spacial score (nSPS) is 13.7. The van der Waals surface area contributed by atoms with Gasteiger partial charge < -0.3 is 9.84 Å². The van der Waals surface area contributed by atoms with E-state index in [0.29, 0.717) is 18.6 Å². The molecule has 0 saturated carbocycles. The Labute approximate surface area is 105 Å². The van der Waals surface area contributed by atoms with Gasteiger partial charge in [-0.3, -0.25) is 0 Å². The quantitative estimate of drug-likeness (QED) is 0.350. The molecular formula is C12H16FN3O2. The van der Waals surface area contributed by atoms with E-state index in [9.17, 15) is 9.50 Å². The molecule has 5 nitrogen and oxygen atoms in total. The van der Waals surface area contributed by atoms with Gasteiger partial charge in [-0.2, -0.15) is 0 Å². The molecule has 6 heteroatoms. The summed E-state index contributed by atoms with van der Waals surface area (Å²) in [7, 11) is 0. The molecule has 98 valence electrons. The lowest BCUT2D eigenvalue weighted by Gasteiger charge is -2.15. The third-order valence-corrected chi connectivity index (χ3v) is 2.50. The lowest BCUT2D eigenvalue weighted by atomic mass is 10.0. The molecule has 0 bridgehead atoms. The average Bonchev–Trinajstić information content (AvgIpc) is 2.36. The average molecular weight is 253 g/mol. The molecule has 0 radical (unpaired) electrons. The fourth-order valence-corrected chi connectivity index (χ4v) is 1.66. The van der Waals surface area contributed by atoms with Gasteiger partial charge in [-0.25, -0.2) is 4.39 Å². The maximum absolute atomic E-state index is 13.6. The predicted molar refractivity (Wildman–Crippen MR) is 65.2 cm³/mol. The first kappa shape index (κ1) is 14.4. The SMILES string of the molecule is CCOC(O)CCC(N=[N+]=[N-])c1ccccc1F. The van der Waals surface area contributed by atoms with Gasteiger partial charge >= 0.3 is 0 Å². The van der Waals surface area contributed by atoms with Crippen LogP contribution in [0, 0.1) is 5.82 Å². The largest absolute Gasteiger partial charge is 0.368 e. The third-order valence-electron chi connectivity index (χ3n) is 2.50. The molecule has 0 aromatic heterocycles. The van der Waals surface area contributed by atoms with Crippen LogP contribution >= 0.6 is 0 Å². The van der Waals surface area contributed by atoms with E-state index in [4.69, 9.17) is 10.3 Å². The zero-order valence-corrected chi connectivity index (χ0v) is 10.2. The minimum Gasteiger partial charge on any atom is -0.368 e. The number of nitrogens with zero attached hydrogens (tertiary/aromatic N) is 3. The Hall–Kier alpha value is -1.62. The molecular weight excluding hydrogens is 237 g/mol. The molecule has 18 heavy (non-hydrogen) atoms. The Balaban J connectivity index is 2.72. The minimum atomic E-state index is -0.918. The van der Waals surface area contributed by atoms with Crippen LogP contribution in [0.2, 0.25) is 0 Å². The van der Waals surface area contributed by atoms with Crippen molar-refractivity contribution in [1.82, 2.24) is 0 Å². The first-order valence-corrected chi connectivity index (χ1v) is 5.77. The van der Waals surface area contributed by atoms with Gasteiger partial charge in [0, 0.05) is 11.5 Å². The second-order valence-corrected chi connectivity index (χ2v) is 3.73. The number of aliphatic hydroxyl groups excluding tert-OH is 1. The molecule has 0 spiro atoms.